The molecule has 0 aliphatic carbocycles. The first kappa shape index (κ1) is 16.9. The summed E-state index contributed by atoms with van der Waals surface area (Å²) < 4.78 is 5.43. The molecule has 0 spiro atoms. The zero-order valence-corrected chi connectivity index (χ0v) is 14.9. The predicted octanol–water partition coefficient (Wildman–Crippen LogP) is 3.48. The van der Waals surface area contributed by atoms with Gasteiger partial charge in [-0.1, -0.05) is 11.6 Å². The van der Waals surface area contributed by atoms with Crippen molar-refractivity contribution >= 4 is 28.7 Å². The van der Waals surface area contributed by atoms with E-state index in [2.05, 4.69) is 15.0 Å². The van der Waals surface area contributed by atoms with Gasteiger partial charge in [0.25, 0.3) is 0 Å². The molecule has 3 rings (SSSR count). The first-order valence-corrected chi connectivity index (χ1v) is 8.44. The van der Waals surface area contributed by atoms with E-state index >= 15 is 0 Å². The summed E-state index contributed by atoms with van der Waals surface area (Å²) in [7, 11) is 0. The minimum absolute atomic E-state index is 0.243. The molecule has 0 radical (unpaired) electrons. The van der Waals surface area contributed by atoms with E-state index in [1.165, 1.54) is 6.33 Å². The molecule has 128 valence electrons. The van der Waals surface area contributed by atoms with E-state index in [0.29, 0.717) is 23.1 Å². The molecule has 0 N–H and O–H groups in total. The number of amides is 1. The van der Waals surface area contributed by atoms with Gasteiger partial charge in [-0.05, 0) is 51.7 Å². The number of fused-ring (bicyclic) bond motifs is 1. The molecule has 2 aromatic rings. The highest BCUT2D eigenvalue weighted by Gasteiger charge is 2.30. The van der Waals surface area contributed by atoms with Crippen molar-refractivity contribution in [1.82, 2.24) is 19.9 Å². The summed E-state index contributed by atoms with van der Waals surface area (Å²) in [6, 6.07) is 3.87. The topological polar surface area (TPSA) is 68.2 Å². The van der Waals surface area contributed by atoms with Crippen LogP contribution in [0.5, 0.6) is 0 Å². The number of aromatic nitrogens is 3. The molecule has 6 nitrogen and oxygen atoms in total. The average Bonchev–Trinajstić information content (AvgIpc) is 2.95. The van der Waals surface area contributed by atoms with Crippen LogP contribution in [0.1, 0.15) is 32.9 Å². The maximum atomic E-state index is 12.1. The van der Waals surface area contributed by atoms with Crippen molar-refractivity contribution in [2.75, 3.05) is 13.1 Å². The van der Waals surface area contributed by atoms with Crippen LogP contribution >= 0.6 is 11.6 Å². The van der Waals surface area contributed by atoms with Gasteiger partial charge in [-0.15, -0.1) is 0 Å². The van der Waals surface area contributed by atoms with Gasteiger partial charge < -0.3 is 9.64 Å². The van der Waals surface area contributed by atoms with Gasteiger partial charge in [-0.3, -0.25) is 0 Å². The second kappa shape index (κ2) is 6.51. The second-order valence-electron chi connectivity index (χ2n) is 7.12. The standard InChI is InChI=1S/C17H21ClN4O2/c1-17(2,3)24-16(23)22-7-6-11(9-22)8-12-4-5-13-14(21-12)15(18)20-10-19-13/h4-5,10-11H,6-9H2,1-3H3. The highest BCUT2D eigenvalue weighted by Crippen LogP contribution is 2.24. The van der Waals surface area contributed by atoms with Crippen LogP contribution in [0, 0.1) is 5.92 Å². The molecule has 1 aliphatic rings. The van der Waals surface area contributed by atoms with Crippen LogP contribution in [0.4, 0.5) is 4.79 Å². The molecule has 3 heterocycles. The normalized spacial score (nSPS) is 18.2. The molecule has 0 bridgehead atoms. The third-order valence-corrected chi connectivity index (χ3v) is 4.21. The number of nitrogens with zero attached hydrogens (tertiary/aromatic N) is 4. The van der Waals surface area contributed by atoms with E-state index in [0.717, 1.165) is 30.6 Å². The summed E-state index contributed by atoms with van der Waals surface area (Å²) in [5.74, 6) is 0.367. The van der Waals surface area contributed by atoms with Crippen LogP contribution < -0.4 is 0 Å². The fourth-order valence-electron chi connectivity index (χ4n) is 2.85. The van der Waals surface area contributed by atoms with Crippen molar-refractivity contribution in [2.24, 2.45) is 5.92 Å². The van der Waals surface area contributed by atoms with Gasteiger partial charge in [0, 0.05) is 18.8 Å². The molecule has 2 aromatic heterocycles. The molecule has 1 fully saturated rings. The zero-order valence-electron chi connectivity index (χ0n) is 14.1. The molecule has 1 atom stereocenters. The van der Waals surface area contributed by atoms with Gasteiger partial charge in [-0.2, -0.15) is 0 Å². The van der Waals surface area contributed by atoms with Gasteiger partial charge in [0.05, 0.1) is 5.52 Å². The first-order chi connectivity index (χ1) is 11.3. The molecule has 1 amide bonds. The summed E-state index contributed by atoms with van der Waals surface area (Å²) in [6.07, 6.45) is 2.92. The van der Waals surface area contributed by atoms with Crippen molar-refractivity contribution in [1.29, 1.82) is 0 Å². The van der Waals surface area contributed by atoms with Crippen molar-refractivity contribution in [2.45, 2.75) is 39.2 Å². The van der Waals surface area contributed by atoms with Crippen LogP contribution in [-0.4, -0.2) is 44.6 Å². The minimum Gasteiger partial charge on any atom is -0.444 e. The van der Waals surface area contributed by atoms with E-state index < -0.39 is 5.60 Å². The van der Waals surface area contributed by atoms with Gasteiger partial charge in [0.15, 0.2) is 5.15 Å². The van der Waals surface area contributed by atoms with Crippen molar-refractivity contribution in [3.8, 4) is 0 Å². The summed E-state index contributed by atoms with van der Waals surface area (Å²) >= 11 is 6.09. The highest BCUT2D eigenvalue weighted by molar-refractivity contribution is 6.33. The summed E-state index contributed by atoms with van der Waals surface area (Å²) in [5, 5.41) is 0.364. The van der Waals surface area contributed by atoms with E-state index in [4.69, 9.17) is 16.3 Å². The van der Waals surface area contributed by atoms with E-state index in [9.17, 15) is 4.79 Å². The van der Waals surface area contributed by atoms with Gasteiger partial charge in [-0.25, -0.2) is 19.7 Å². The molecular weight excluding hydrogens is 328 g/mol. The molecule has 0 aromatic carbocycles. The van der Waals surface area contributed by atoms with Gasteiger partial charge in [0.1, 0.15) is 17.4 Å². The Hall–Kier alpha value is -1.95. The molecule has 24 heavy (non-hydrogen) atoms. The van der Waals surface area contributed by atoms with Crippen LogP contribution in [0.3, 0.4) is 0 Å². The maximum absolute atomic E-state index is 12.1. The first-order valence-electron chi connectivity index (χ1n) is 8.06. The fraction of sp³-hybridized carbons (Fsp3) is 0.529. The lowest BCUT2D eigenvalue weighted by atomic mass is 10.0. The number of pyridine rings is 1. The Morgan fingerprint density at radius 1 is 1.38 bits per heavy atom. The lowest BCUT2D eigenvalue weighted by molar-refractivity contribution is 0.0288. The molecule has 0 saturated carbocycles. The lowest BCUT2D eigenvalue weighted by Crippen LogP contribution is -2.35. The van der Waals surface area contributed by atoms with E-state index in [1.54, 1.807) is 4.90 Å². The quantitative estimate of drug-likeness (QED) is 0.777. The Balaban J connectivity index is 1.65. The largest absolute Gasteiger partial charge is 0.444 e. The molecule has 1 aliphatic heterocycles. The summed E-state index contributed by atoms with van der Waals surface area (Å²) in [4.78, 5) is 26.6. The molecular formula is C17H21ClN4O2. The monoisotopic (exact) mass is 348 g/mol. The number of carbonyl (C=O) groups excluding carboxylic acids is 1. The van der Waals surface area contributed by atoms with E-state index in [1.807, 2.05) is 32.9 Å². The molecule has 1 saturated heterocycles. The number of hydrogen-bond donors (Lipinski definition) is 0. The Morgan fingerprint density at radius 2 is 2.17 bits per heavy atom. The van der Waals surface area contributed by atoms with Crippen LogP contribution in [0.2, 0.25) is 5.15 Å². The smallest absolute Gasteiger partial charge is 0.410 e. The number of hydrogen-bond acceptors (Lipinski definition) is 5. The van der Waals surface area contributed by atoms with Gasteiger partial charge >= 0.3 is 6.09 Å². The van der Waals surface area contributed by atoms with Crippen molar-refractivity contribution in [3.05, 3.63) is 29.3 Å². The number of rotatable bonds is 2. The van der Waals surface area contributed by atoms with Crippen LogP contribution in [0.15, 0.2) is 18.5 Å². The predicted molar refractivity (Wildman–Crippen MR) is 92.0 cm³/mol. The third-order valence-electron chi connectivity index (χ3n) is 3.93. The Labute approximate surface area is 146 Å². The van der Waals surface area contributed by atoms with Crippen LogP contribution in [-0.2, 0) is 11.2 Å². The third kappa shape index (κ3) is 3.93. The number of halogens is 1. The minimum atomic E-state index is -0.466. The van der Waals surface area contributed by atoms with Gasteiger partial charge in [0.2, 0.25) is 0 Å². The van der Waals surface area contributed by atoms with Crippen molar-refractivity contribution in [3.63, 3.8) is 0 Å². The summed E-state index contributed by atoms with van der Waals surface area (Å²) in [6.45, 7) is 7.04. The molecule has 7 heteroatoms. The van der Waals surface area contributed by atoms with Crippen LogP contribution in [0.25, 0.3) is 11.0 Å². The zero-order chi connectivity index (χ0) is 17.3. The number of ether oxygens (including phenoxy) is 1. The maximum Gasteiger partial charge on any atom is 0.410 e. The lowest BCUT2D eigenvalue weighted by Gasteiger charge is -2.24. The highest BCUT2D eigenvalue weighted by atomic mass is 35.5. The Morgan fingerprint density at radius 3 is 2.92 bits per heavy atom. The average molecular weight is 349 g/mol. The molecule has 1 unspecified atom stereocenters. The Kier molecular flexibility index (Phi) is 4.58. The fourth-order valence-corrected chi connectivity index (χ4v) is 3.03. The number of carbonyl (C=O) groups is 1. The Bertz CT molecular complexity index is 760. The van der Waals surface area contributed by atoms with Crippen molar-refractivity contribution < 1.29 is 9.53 Å². The SMILES string of the molecule is CC(C)(C)OC(=O)N1CCC(Cc2ccc3ncnc(Cl)c3n2)C1. The van der Waals surface area contributed by atoms with E-state index in [-0.39, 0.29) is 6.09 Å². The summed E-state index contributed by atoms with van der Waals surface area (Å²) in [5.41, 5.74) is 1.83. The number of likely N-dealkylation sites (tertiary alicyclic amines) is 1. The second-order valence-corrected chi connectivity index (χ2v) is 7.48.